The summed E-state index contributed by atoms with van der Waals surface area (Å²) in [5.41, 5.74) is 3.71. The molecule has 2 fully saturated rings. The van der Waals surface area contributed by atoms with Crippen molar-refractivity contribution >= 4 is 33.4 Å². The molecule has 5 rings (SSSR count). The van der Waals surface area contributed by atoms with Gasteiger partial charge in [0.2, 0.25) is 5.91 Å². The number of halogens is 1. The maximum absolute atomic E-state index is 12.8. The summed E-state index contributed by atoms with van der Waals surface area (Å²) in [7, 11) is 1.63. The minimum atomic E-state index is 0.0142. The Kier molecular flexibility index (Phi) is 4.42. The van der Waals surface area contributed by atoms with E-state index in [4.69, 9.17) is 4.74 Å². The van der Waals surface area contributed by atoms with E-state index < -0.39 is 0 Å². The Balaban J connectivity index is 1.21. The highest BCUT2D eigenvalue weighted by molar-refractivity contribution is 9.10. The molecule has 1 heterocycles. The van der Waals surface area contributed by atoms with Gasteiger partial charge in [-0.25, -0.2) is 0 Å². The van der Waals surface area contributed by atoms with Gasteiger partial charge in [0.25, 0.3) is 5.91 Å². The molecule has 5 nitrogen and oxygen atoms in total. The maximum atomic E-state index is 12.8. The van der Waals surface area contributed by atoms with Gasteiger partial charge in [0.05, 0.1) is 7.11 Å². The SMILES string of the molecule is COc1cc(NC(=O)C2C[C@@H]3C(N4Cc5c(Br)cccc5C4=O)[C@@H]3C2)ccc1C. The van der Waals surface area contributed by atoms with Crippen LogP contribution in [0.5, 0.6) is 5.75 Å². The van der Waals surface area contributed by atoms with E-state index in [2.05, 4.69) is 21.2 Å². The van der Waals surface area contributed by atoms with Crippen molar-refractivity contribution in [3.05, 3.63) is 57.6 Å². The van der Waals surface area contributed by atoms with Gasteiger partial charge in [0, 0.05) is 40.3 Å². The molecule has 3 aliphatic rings. The lowest BCUT2D eigenvalue weighted by Gasteiger charge is -2.21. The average molecular weight is 455 g/mol. The molecule has 29 heavy (non-hydrogen) atoms. The van der Waals surface area contributed by atoms with E-state index in [1.165, 1.54) is 0 Å². The van der Waals surface area contributed by atoms with Crippen LogP contribution in [0.3, 0.4) is 0 Å². The number of nitrogens with one attached hydrogen (secondary N) is 1. The molecule has 1 aliphatic heterocycles. The third-order valence-corrected chi connectivity index (χ3v) is 7.49. The highest BCUT2D eigenvalue weighted by Crippen LogP contribution is 2.58. The van der Waals surface area contributed by atoms with Crippen LogP contribution >= 0.6 is 15.9 Å². The molecule has 1 N–H and O–H groups in total. The normalized spacial score (nSPS) is 26.9. The van der Waals surface area contributed by atoms with Crippen molar-refractivity contribution in [1.82, 2.24) is 4.90 Å². The second kappa shape index (κ2) is 6.87. The number of benzene rings is 2. The van der Waals surface area contributed by atoms with Gasteiger partial charge in [-0.15, -0.1) is 0 Å². The van der Waals surface area contributed by atoms with E-state index in [0.29, 0.717) is 18.4 Å². The number of hydrogen-bond acceptors (Lipinski definition) is 3. The van der Waals surface area contributed by atoms with Crippen molar-refractivity contribution in [2.45, 2.75) is 32.4 Å². The highest BCUT2D eigenvalue weighted by atomic mass is 79.9. The summed E-state index contributed by atoms with van der Waals surface area (Å²) in [6, 6.07) is 11.8. The Morgan fingerprint density at radius 3 is 2.66 bits per heavy atom. The Bertz CT molecular complexity index is 1010. The number of anilines is 1. The third-order valence-electron chi connectivity index (χ3n) is 6.74. The maximum Gasteiger partial charge on any atom is 0.254 e. The van der Waals surface area contributed by atoms with Crippen LogP contribution in [0.2, 0.25) is 0 Å². The number of aryl methyl sites for hydroxylation is 1. The molecule has 2 saturated carbocycles. The lowest BCUT2D eigenvalue weighted by molar-refractivity contribution is -0.120. The van der Waals surface area contributed by atoms with Gasteiger partial charge in [-0.3, -0.25) is 9.59 Å². The van der Waals surface area contributed by atoms with Crippen LogP contribution in [0.15, 0.2) is 40.9 Å². The molecule has 2 unspecified atom stereocenters. The molecule has 6 heteroatoms. The zero-order valence-electron chi connectivity index (χ0n) is 16.4. The van der Waals surface area contributed by atoms with Gasteiger partial charge in [0.15, 0.2) is 0 Å². The molecule has 0 aromatic heterocycles. The number of carbonyl (C=O) groups is 2. The fourth-order valence-electron chi connectivity index (χ4n) is 5.18. The zero-order valence-corrected chi connectivity index (χ0v) is 18.0. The summed E-state index contributed by atoms with van der Waals surface area (Å²) in [5.74, 6) is 1.87. The van der Waals surface area contributed by atoms with Crippen molar-refractivity contribution in [3.63, 3.8) is 0 Å². The zero-order chi connectivity index (χ0) is 20.3. The van der Waals surface area contributed by atoms with E-state index in [9.17, 15) is 9.59 Å². The molecule has 0 saturated heterocycles. The third kappa shape index (κ3) is 3.05. The molecule has 2 aromatic carbocycles. The average Bonchev–Trinajstić information content (AvgIpc) is 3.04. The summed E-state index contributed by atoms with van der Waals surface area (Å²) < 4.78 is 6.34. The summed E-state index contributed by atoms with van der Waals surface area (Å²) >= 11 is 3.57. The number of ether oxygens (including phenoxy) is 1. The number of carbonyl (C=O) groups excluding carboxylic acids is 2. The molecule has 2 aromatic rings. The Labute approximate surface area is 178 Å². The number of nitrogens with zero attached hydrogens (tertiary/aromatic N) is 1. The van der Waals surface area contributed by atoms with Crippen LogP contribution in [0.25, 0.3) is 0 Å². The van der Waals surface area contributed by atoms with Crippen molar-refractivity contribution in [1.29, 1.82) is 0 Å². The Morgan fingerprint density at radius 1 is 1.21 bits per heavy atom. The molecule has 0 bridgehead atoms. The Hall–Kier alpha value is -2.34. The first kappa shape index (κ1) is 18.7. The predicted molar refractivity (Wildman–Crippen MR) is 114 cm³/mol. The second-order valence-corrected chi connectivity index (χ2v) is 9.21. The van der Waals surface area contributed by atoms with Gasteiger partial charge >= 0.3 is 0 Å². The van der Waals surface area contributed by atoms with Gasteiger partial charge in [-0.05, 0) is 60.9 Å². The van der Waals surface area contributed by atoms with Gasteiger partial charge in [0.1, 0.15) is 5.75 Å². The van der Waals surface area contributed by atoms with Crippen LogP contribution in [0.1, 0.15) is 34.3 Å². The number of amides is 2. The van der Waals surface area contributed by atoms with Crippen LogP contribution in [-0.2, 0) is 11.3 Å². The molecule has 4 atom stereocenters. The standard InChI is InChI=1S/C23H23BrN2O3/c1-12-6-7-14(10-20(12)29-2)25-22(27)13-8-16-17(9-13)21(16)26-11-18-15(23(26)28)4-3-5-19(18)24/h3-7,10,13,16-17,21H,8-9,11H2,1-2H3,(H,25,27)/t13?,16-,17+,21?. The van der Waals surface area contributed by atoms with E-state index in [1.54, 1.807) is 7.11 Å². The lowest BCUT2D eigenvalue weighted by atomic mass is 10.0. The van der Waals surface area contributed by atoms with Crippen LogP contribution in [0, 0.1) is 24.7 Å². The van der Waals surface area contributed by atoms with Crippen molar-refractivity contribution in [3.8, 4) is 5.75 Å². The molecule has 0 radical (unpaired) electrons. The first-order valence-corrected chi connectivity index (χ1v) is 10.8. The summed E-state index contributed by atoms with van der Waals surface area (Å²) in [5, 5.41) is 3.04. The van der Waals surface area contributed by atoms with Crippen molar-refractivity contribution in [2.75, 3.05) is 12.4 Å². The largest absolute Gasteiger partial charge is 0.496 e. The topological polar surface area (TPSA) is 58.6 Å². The monoisotopic (exact) mass is 454 g/mol. The van der Waals surface area contributed by atoms with Gasteiger partial charge < -0.3 is 15.0 Å². The first-order valence-electron chi connectivity index (χ1n) is 10.0. The fraction of sp³-hybridized carbons (Fsp3) is 0.391. The van der Waals surface area contributed by atoms with E-state index in [-0.39, 0.29) is 23.8 Å². The van der Waals surface area contributed by atoms with Gasteiger partial charge in [-0.1, -0.05) is 28.1 Å². The molecule has 2 amide bonds. The quantitative estimate of drug-likeness (QED) is 0.745. The summed E-state index contributed by atoms with van der Waals surface area (Å²) in [6.45, 7) is 2.65. The summed E-state index contributed by atoms with van der Waals surface area (Å²) in [6.07, 6.45) is 1.71. The van der Waals surface area contributed by atoms with Gasteiger partial charge in [-0.2, -0.15) is 0 Å². The predicted octanol–water partition coefficient (Wildman–Crippen LogP) is 4.39. The summed E-state index contributed by atoms with van der Waals surface area (Å²) in [4.78, 5) is 27.6. The smallest absolute Gasteiger partial charge is 0.254 e. The molecular weight excluding hydrogens is 432 g/mol. The molecule has 0 spiro atoms. The number of methoxy groups -OCH3 is 1. The Morgan fingerprint density at radius 2 is 1.97 bits per heavy atom. The molecule has 150 valence electrons. The van der Waals surface area contributed by atoms with E-state index in [0.717, 1.165) is 45.4 Å². The van der Waals surface area contributed by atoms with Crippen molar-refractivity contribution < 1.29 is 14.3 Å². The first-order chi connectivity index (χ1) is 14.0. The minimum absolute atomic E-state index is 0.0142. The van der Waals surface area contributed by atoms with Crippen LogP contribution < -0.4 is 10.1 Å². The van der Waals surface area contributed by atoms with Crippen LogP contribution in [0.4, 0.5) is 5.69 Å². The molecule has 2 aliphatic carbocycles. The number of hydrogen-bond donors (Lipinski definition) is 1. The van der Waals surface area contributed by atoms with E-state index in [1.807, 2.05) is 48.2 Å². The highest BCUT2D eigenvalue weighted by Gasteiger charge is 2.61. The minimum Gasteiger partial charge on any atom is -0.496 e. The second-order valence-electron chi connectivity index (χ2n) is 8.36. The molecular formula is C23H23BrN2O3. The fourth-order valence-corrected chi connectivity index (χ4v) is 5.67. The van der Waals surface area contributed by atoms with Crippen molar-refractivity contribution in [2.24, 2.45) is 17.8 Å². The number of rotatable bonds is 4. The van der Waals surface area contributed by atoms with E-state index >= 15 is 0 Å². The van der Waals surface area contributed by atoms with Crippen LogP contribution in [-0.4, -0.2) is 29.9 Å². The lowest BCUT2D eigenvalue weighted by Crippen LogP contribution is -2.31. The number of fused-ring (bicyclic) bond motifs is 2.